The molecule has 7 nitrogen and oxygen atoms in total. The summed E-state index contributed by atoms with van der Waals surface area (Å²) in [5, 5.41) is 2.89. The van der Waals surface area contributed by atoms with Crippen LogP contribution in [0, 0.1) is 5.92 Å². The number of benzene rings is 1. The molecule has 182 valence electrons. The predicted octanol–water partition coefficient (Wildman–Crippen LogP) is 2.52. The van der Waals surface area contributed by atoms with Crippen LogP contribution in [-0.2, 0) is 28.9 Å². The Hall–Kier alpha value is -3.14. The Morgan fingerprint density at radius 2 is 1.88 bits per heavy atom. The highest BCUT2D eigenvalue weighted by molar-refractivity contribution is 5.89. The molecule has 4 rings (SSSR count). The van der Waals surface area contributed by atoms with Gasteiger partial charge in [0.05, 0.1) is 11.5 Å². The van der Waals surface area contributed by atoms with Crippen LogP contribution in [-0.4, -0.2) is 66.4 Å². The number of rotatable bonds is 6. The maximum atomic E-state index is 13.0. The van der Waals surface area contributed by atoms with Crippen molar-refractivity contribution in [3.05, 3.63) is 59.3 Å². The predicted molar refractivity (Wildman–Crippen MR) is 121 cm³/mol. The molecule has 1 N–H and O–H groups in total. The number of likely N-dealkylation sites (tertiary alicyclic amines) is 1. The lowest BCUT2D eigenvalue weighted by atomic mass is 10.1. The minimum Gasteiger partial charge on any atom is -0.354 e. The first-order valence-electron chi connectivity index (χ1n) is 11.3. The zero-order valence-electron chi connectivity index (χ0n) is 19.0. The number of piperazine rings is 1. The van der Waals surface area contributed by atoms with Gasteiger partial charge in [-0.2, -0.15) is 13.2 Å². The van der Waals surface area contributed by atoms with Crippen LogP contribution < -0.4 is 10.2 Å². The number of hydrogen-bond donors (Lipinski definition) is 1. The first kappa shape index (κ1) is 24.0. The van der Waals surface area contributed by atoms with E-state index in [4.69, 9.17) is 0 Å². The van der Waals surface area contributed by atoms with Crippen LogP contribution in [0.4, 0.5) is 19.0 Å². The Labute approximate surface area is 196 Å². The molecule has 3 heterocycles. The Balaban J connectivity index is 1.31. The van der Waals surface area contributed by atoms with Gasteiger partial charge in [0.2, 0.25) is 11.8 Å². The van der Waals surface area contributed by atoms with Crippen LogP contribution in [0.3, 0.4) is 0 Å². The average Bonchev–Trinajstić information content (AvgIpc) is 3.18. The number of pyridine rings is 1. The van der Waals surface area contributed by atoms with Crippen molar-refractivity contribution in [2.24, 2.45) is 5.92 Å². The van der Waals surface area contributed by atoms with Gasteiger partial charge >= 0.3 is 6.18 Å². The van der Waals surface area contributed by atoms with E-state index < -0.39 is 17.7 Å². The Bertz CT molecular complexity index is 1040. The number of carbonyl (C=O) groups excluding carboxylic acids is 2. The van der Waals surface area contributed by atoms with E-state index in [2.05, 4.69) is 27.1 Å². The van der Waals surface area contributed by atoms with E-state index in [1.165, 1.54) is 11.0 Å². The van der Waals surface area contributed by atoms with Crippen molar-refractivity contribution in [2.45, 2.75) is 25.7 Å². The van der Waals surface area contributed by atoms with Crippen molar-refractivity contribution in [1.82, 2.24) is 20.1 Å². The zero-order valence-corrected chi connectivity index (χ0v) is 19.0. The second kappa shape index (κ2) is 10.0. The Morgan fingerprint density at radius 1 is 1.12 bits per heavy atom. The summed E-state index contributed by atoms with van der Waals surface area (Å²) in [5.74, 6) is -0.128. The van der Waals surface area contributed by atoms with E-state index in [0.29, 0.717) is 12.1 Å². The highest BCUT2D eigenvalue weighted by Crippen LogP contribution is 2.30. The van der Waals surface area contributed by atoms with Crippen LogP contribution in [0.2, 0.25) is 0 Å². The van der Waals surface area contributed by atoms with E-state index in [9.17, 15) is 22.8 Å². The monoisotopic (exact) mass is 475 g/mol. The molecule has 0 bridgehead atoms. The molecule has 1 aromatic heterocycles. The lowest BCUT2D eigenvalue weighted by molar-refractivity contribution is -0.137. The minimum atomic E-state index is -4.44. The molecule has 0 aliphatic carbocycles. The molecule has 34 heavy (non-hydrogen) atoms. The molecule has 2 aliphatic heterocycles. The summed E-state index contributed by atoms with van der Waals surface area (Å²) >= 11 is 0. The van der Waals surface area contributed by atoms with E-state index in [-0.39, 0.29) is 31.3 Å². The Kier molecular flexibility index (Phi) is 7.06. The number of amides is 2. The highest BCUT2D eigenvalue weighted by Gasteiger charge is 2.35. The second-order valence-corrected chi connectivity index (χ2v) is 8.90. The summed E-state index contributed by atoms with van der Waals surface area (Å²) in [6.45, 7) is 4.27. The molecular weight excluding hydrogens is 447 g/mol. The van der Waals surface area contributed by atoms with E-state index in [1.54, 1.807) is 12.3 Å². The molecule has 2 saturated heterocycles. The van der Waals surface area contributed by atoms with Gasteiger partial charge in [-0.3, -0.25) is 9.59 Å². The number of carbonyl (C=O) groups is 2. The third-order valence-corrected chi connectivity index (χ3v) is 6.32. The lowest BCUT2D eigenvalue weighted by Gasteiger charge is -2.33. The number of aromatic nitrogens is 1. The molecule has 2 fully saturated rings. The summed E-state index contributed by atoms with van der Waals surface area (Å²) in [4.78, 5) is 35.5. The van der Waals surface area contributed by atoms with Gasteiger partial charge in [0, 0.05) is 58.4 Å². The number of hydrogen-bond acceptors (Lipinski definition) is 5. The molecular formula is C24H28F3N5O2. The highest BCUT2D eigenvalue weighted by atomic mass is 19.4. The third kappa shape index (κ3) is 5.85. The van der Waals surface area contributed by atoms with Gasteiger partial charge in [-0.25, -0.2) is 4.98 Å². The summed E-state index contributed by atoms with van der Waals surface area (Å²) in [6, 6.07) is 8.73. The number of anilines is 1. The van der Waals surface area contributed by atoms with Gasteiger partial charge in [0.1, 0.15) is 5.82 Å². The van der Waals surface area contributed by atoms with Crippen molar-refractivity contribution in [1.29, 1.82) is 0 Å². The minimum absolute atomic E-state index is 0.0469. The SMILES string of the molecule is CN1CCN(c2cc(CNC(=O)C3CC(=O)N(Cc4cccc(C(F)(F)F)c4)C3)ccn2)CC1. The first-order valence-corrected chi connectivity index (χ1v) is 11.3. The van der Waals surface area contributed by atoms with Crippen molar-refractivity contribution in [3.63, 3.8) is 0 Å². The van der Waals surface area contributed by atoms with Gasteiger partial charge in [-0.1, -0.05) is 12.1 Å². The van der Waals surface area contributed by atoms with Gasteiger partial charge in [0.15, 0.2) is 0 Å². The van der Waals surface area contributed by atoms with Crippen molar-refractivity contribution >= 4 is 17.6 Å². The summed E-state index contributed by atoms with van der Waals surface area (Å²) < 4.78 is 38.9. The Morgan fingerprint density at radius 3 is 2.62 bits per heavy atom. The summed E-state index contributed by atoms with van der Waals surface area (Å²) in [7, 11) is 2.09. The van der Waals surface area contributed by atoms with Crippen molar-refractivity contribution in [2.75, 3.05) is 44.7 Å². The molecule has 2 aliphatic rings. The fraction of sp³-hybridized carbons (Fsp3) is 0.458. The molecule has 1 aromatic carbocycles. The number of nitrogens with zero attached hydrogens (tertiary/aromatic N) is 4. The number of likely N-dealkylation sites (N-methyl/N-ethyl adjacent to an activating group) is 1. The van der Waals surface area contributed by atoms with Crippen molar-refractivity contribution < 1.29 is 22.8 Å². The van der Waals surface area contributed by atoms with Gasteiger partial charge in [0.25, 0.3) is 0 Å². The van der Waals surface area contributed by atoms with Gasteiger partial charge in [-0.15, -0.1) is 0 Å². The average molecular weight is 476 g/mol. The second-order valence-electron chi connectivity index (χ2n) is 8.90. The fourth-order valence-electron chi connectivity index (χ4n) is 4.28. The molecule has 0 saturated carbocycles. The fourth-order valence-corrected chi connectivity index (χ4v) is 4.28. The third-order valence-electron chi connectivity index (χ3n) is 6.32. The smallest absolute Gasteiger partial charge is 0.354 e. The van der Waals surface area contributed by atoms with Crippen LogP contribution in [0.25, 0.3) is 0 Å². The quantitative estimate of drug-likeness (QED) is 0.696. The summed E-state index contributed by atoms with van der Waals surface area (Å²) in [5.41, 5.74) is 0.555. The van der Waals surface area contributed by atoms with Crippen molar-refractivity contribution in [3.8, 4) is 0 Å². The number of alkyl halides is 3. The molecule has 1 unspecified atom stereocenters. The molecule has 0 radical (unpaired) electrons. The first-order chi connectivity index (χ1) is 16.2. The topological polar surface area (TPSA) is 68.8 Å². The normalized spacial score (nSPS) is 19.5. The number of nitrogens with one attached hydrogen (secondary N) is 1. The zero-order chi connectivity index (χ0) is 24.3. The lowest BCUT2D eigenvalue weighted by Crippen LogP contribution is -2.44. The van der Waals surface area contributed by atoms with Crippen LogP contribution in [0.15, 0.2) is 42.6 Å². The van der Waals surface area contributed by atoms with E-state index in [1.807, 2.05) is 12.1 Å². The maximum Gasteiger partial charge on any atom is 0.416 e. The van der Waals surface area contributed by atoms with Crippen LogP contribution in [0.1, 0.15) is 23.1 Å². The summed E-state index contributed by atoms with van der Waals surface area (Å²) in [6.07, 6.45) is -2.66. The van der Waals surface area contributed by atoms with E-state index >= 15 is 0 Å². The maximum absolute atomic E-state index is 13.0. The number of halogens is 3. The van der Waals surface area contributed by atoms with E-state index in [0.717, 1.165) is 49.7 Å². The van der Waals surface area contributed by atoms with Gasteiger partial charge < -0.3 is 20.0 Å². The molecule has 10 heteroatoms. The molecule has 2 aromatic rings. The van der Waals surface area contributed by atoms with Crippen LogP contribution >= 0.6 is 0 Å². The largest absolute Gasteiger partial charge is 0.416 e. The molecule has 2 amide bonds. The molecule has 0 spiro atoms. The van der Waals surface area contributed by atoms with Crippen LogP contribution in [0.5, 0.6) is 0 Å². The standard InChI is InChI=1S/C24H28F3N5O2/c1-30-7-9-31(10-8-30)21-12-17(5-6-28-21)14-29-23(34)19-13-22(33)32(16-19)15-18-3-2-4-20(11-18)24(25,26)27/h2-6,11-12,19H,7-10,13-16H2,1H3,(H,29,34). The molecule has 1 atom stereocenters. The van der Waals surface area contributed by atoms with Gasteiger partial charge in [-0.05, 0) is 42.4 Å².